The summed E-state index contributed by atoms with van der Waals surface area (Å²) in [6.07, 6.45) is -0.561. The van der Waals surface area contributed by atoms with Gasteiger partial charge in [-0.1, -0.05) is 23.8 Å². The number of benzene rings is 1. The Kier molecular flexibility index (Phi) is 6.25. The van der Waals surface area contributed by atoms with Gasteiger partial charge in [-0.15, -0.1) is 6.58 Å². The van der Waals surface area contributed by atoms with E-state index in [9.17, 15) is 9.90 Å². The van der Waals surface area contributed by atoms with Gasteiger partial charge in [0, 0.05) is 7.11 Å². The molecule has 2 atom stereocenters. The van der Waals surface area contributed by atoms with Gasteiger partial charge in [0.15, 0.2) is 6.10 Å². The van der Waals surface area contributed by atoms with Crippen LogP contribution in [0.2, 0.25) is 0 Å². The van der Waals surface area contributed by atoms with Gasteiger partial charge in [0.2, 0.25) is 0 Å². The lowest BCUT2D eigenvalue weighted by Gasteiger charge is -2.24. The van der Waals surface area contributed by atoms with Crippen LogP contribution in [-0.2, 0) is 9.47 Å². The van der Waals surface area contributed by atoms with E-state index in [1.165, 1.54) is 7.11 Å². The standard InChI is InChI=1S/C15H20O4/c1-11(2)9-13(18-3)14(10-16)19-15(17)12-7-5-4-6-8-12/h4-8,13-14,16H,1,9-10H2,2-3H3/t13-,14+/m0/s1. The Balaban J connectivity index is 2.70. The minimum Gasteiger partial charge on any atom is -0.454 e. The highest BCUT2D eigenvalue weighted by molar-refractivity contribution is 5.89. The largest absolute Gasteiger partial charge is 0.454 e. The van der Waals surface area contributed by atoms with Crippen molar-refractivity contribution in [2.45, 2.75) is 25.6 Å². The molecular weight excluding hydrogens is 244 g/mol. The zero-order valence-electron chi connectivity index (χ0n) is 11.3. The van der Waals surface area contributed by atoms with Crippen LogP contribution in [0.1, 0.15) is 23.7 Å². The number of hydrogen-bond donors (Lipinski definition) is 1. The van der Waals surface area contributed by atoms with Crippen molar-refractivity contribution >= 4 is 5.97 Å². The number of carbonyl (C=O) groups excluding carboxylic acids is 1. The Bertz CT molecular complexity index is 413. The number of aliphatic hydroxyl groups excluding tert-OH is 1. The minimum atomic E-state index is -0.700. The highest BCUT2D eigenvalue weighted by Crippen LogP contribution is 2.14. The van der Waals surface area contributed by atoms with E-state index in [1.54, 1.807) is 24.3 Å². The first-order chi connectivity index (χ1) is 9.08. The van der Waals surface area contributed by atoms with Gasteiger partial charge in [-0.05, 0) is 25.5 Å². The first kappa shape index (κ1) is 15.4. The van der Waals surface area contributed by atoms with E-state index in [0.717, 1.165) is 5.57 Å². The van der Waals surface area contributed by atoms with Crippen LogP contribution in [0, 0.1) is 0 Å². The Hall–Kier alpha value is -1.65. The van der Waals surface area contributed by atoms with Crippen LogP contribution in [0.3, 0.4) is 0 Å². The summed E-state index contributed by atoms with van der Waals surface area (Å²) in [4.78, 5) is 11.9. The molecule has 0 unspecified atom stereocenters. The Labute approximate surface area is 113 Å². The van der Waals surface area contributed by atoms with Crippen molar-refractivity contribution in [3.8, 4) is 0 Å². The third-order valence-electron chi connectivity index (χ3n) is 2.71. The van der Waals surface area contributed by atoms with E-state index >= 15 is 0 Å². The van der Waals surface area contributed by atoms with Gasteiger partial charge in [0.1, 0.15) is 6.10 Å². The number of methoxy groups -OCH3 is 1. The maximum Gasteiger partial charge on any atom is 0.338 e. The molecule has 104 valence electrons. The van der Waals surface area contributed by atoms with Gasteiger partial charge >= 0.3 is 5.97 Å². The molecule has 1 aromatic carbocycles. The number of carbonyl (C=O) groups is 1. The molecule has 0 aliphatic carbocycles. The molecular formula is C15H20O4. The molecule has 0 aromatic heterocycles. The Morgan fingerprint density at radius 1 is 1.32 bits per heavy atom. The normalized spacial score (nSPS) is 13.6. The third kappa shape index (κ3) is 4.85. The number of esters is 1. The van der Waals surface area contributed by atoms with Crippen LogP contribution in [-0.4, -0.2) is 37.0 Å². The van der Waals surface area contributed by atoms with Crippen molar-refractivity contribution in [2.24, 2.45) is 0 Å². The van der Waals surface area contributed by atoms with Crippen molar-refractivity contribution in [3.63, 3.8) is 0 Å². The molecule has 0 spiro atoms. The molecule has 0 heterocycles. The highest BCUT2D eigenvalue weighted by Gasteiger charge is 2.25. The molecule has 1 N–H and O–H groups in total. The molecule has 0 aliphatic rings. The fourth-order valence-corrected chi connectivity index (χ4v) is 1.72. The third-order valence-corrected chi connectivity index (χ3v) is 2.71. The van der Waals surface area contributed by atoms with Crippen LogP contribution in [0.4, 0.5) is 0 Å². The number of hydrogen-bond acceptors (Lipinski definition) is 4. The van der Waals surface area contributed by atoms with Gasteiger partial charge < -0.3 is 14.6 Å². The fraction of sp³-hybridized carbons (Fsp3) is 0.400. The summed E-state index contributed by atoms with van der Waals surface area (Å²) in [5, 5.41) is 9.35. The molecule has 0 aliphatic heterocycles. The van der Waals surface area contributed by atoms with Crippen molar-refractivity contribution in [1.82, 2.24) is 0 Å². The predicted octanol–water partition coefficient (Wildman–Crippen LogP) is 2.19. The van der Waals surface area contributed by atoms with E-state index in [2.05, 4.69) is 6.58 Å². The first-order valence-corrected chi connectivity index (χ1v) is 6.12. The molecule has 0 bridgehead atoms. The molecule has 0 radical (unpaired) electrons. The minimum absolute atomic E-state index is 0.287. The molecule has 4 heteroatoms. The highest BCUT2D eigenvalue weighted by atomic mass is 16.6. The van der Waals surface area contributed by atoms with E-state index in [1.807, 2.05) is 13.0 Å². The lowest BCUT2D eigenvalue weighted by molar-refractivity contribution is -0.0550. The van der Waals surface area contributed by atoms with Crippen LogP contribution in [0.25, 0.3) is 0 Å². The second kappa shape index (κ2) is 7.71. The van der Waals surface area contributed by atoms with Gasteiger partial charge in [0.05, 0.1) is 12.2 Å². The number of aliphatic hydroxyl groups is 1. The average molecular weight is 264 g/mol. The van der Waals surface area contributed by atoms with Gasteiger partial charge in [-0.3, -0.25) is 0 Å². The average Bonchev–Trinajstić information content (AvgIpc) is 2.43. The first-order valence-electron chi connectivity index (χ1n) is 6.12. The smallest absolute Gasteiger partial charge is 0.338 e. The van der Waals surface area contributed by atoms with E-state index in [0.29, 0.717) is 12.0 Å². The molecule has 0 amide bonds. The van der Waals surface area contributed by atoms with Gasteiger partial charge in [-0.2, -0.15) is 0 Å². The fourth-order valence-electron chi connectivity index (χ4n) is 1.72. The zero-order valence-corrected chi connectivity index (χ0v) is 11.3. The van der Waals surface area contributed by atoms with E-state index in [4.69, 9.17) is 9.47 Å². The van der Waals surface area contributed by atoms with Crippen LogP contribution in [0.15, 0.2) is 42.5 Å². The molecule has 1 aromatic rings. The van der Waals surface area contributed by atoms with Crippen molar-refractivity contribution in [1.29, 1.82) is 0 Å². The monoisotopic (exact) mass is 264 g/mol. The Morgan fingerprint density at radius 2 is 1.95 bits per heavy atom. The second-order valence-electron chi connectivity index (χ2n) is 4.43. The molecule has 4 nitrogen and oxygen atoms in total. The summed E-state index contributed by atoms with van der Waals surface area (Å²) in [5.74, 6) is -0.469. The summed E-state index contributed by atoms with van der Waals surface area (Å²) in [7, 11) is 1.52. The SMILES string of the molecule is C=C(C)C[C@H](OC)[C@@H](CO)OC(=O)c1ccccc1. The number of rotatable bonds is 7. The van der Waals surface area contributed by atoms with Gasteiger partial charge in [0.25, 0.3) is 0 Å². The van der Waals surface area contributed by atoms with Crippen molar-refractivity contribution in [3.05, 3.63) is 48.0 Å². The maximum atomic E-state index is 11.9. The molecule has 0 saturated carbocycles. The van der Waals surface area contributed by atoms with E-state index in [-0.39, 0.29) is 6.61 Å². The molecule has 1 rings (SSSR count). The summed E-state index contributed by atoms with van der Waals surface area (Å²) < 4.78 is 10.5. The topological polar surface area (TPSA) is 55.8 Å². The second-order valence-corrected chi connectivity index (χ2v) is 4.43. The lowest BCUT2D eigenvalue weighted by atomic mass is 10.1. The molecule has 19 heavy (non-hydrogen) atoms. The lowest BCUT2D eigenvalue weighted by Crippen LogP contribution is -2.36. The van der Waals surface area contributed by atoms with Crippen LogP contribution >= 0.6 is 0 Å². The molecule has 0 fully saturated rings. The van der Waals surface area contributed by atoms with Crippen molar-refractivity contribution in [2.75, 3.05) is 13.7 Å². The van der Waals surface area contributed by atoms with Gasteiger partial charge in [-0.25, -0.2) is 4.79 Å². The quantitative estimate of drug-likeness (QED) is 0.606. The predicted molar refractivity (Wildman–Crippen MR) is 73.0 cm³/mol. The summed E-state index contributed by atoms with van der Waals surface area (Å²) >= 11 is 0. The van der Waals surface area contributed by atoms with E-state index < -0.39 is 18.2 Å². The molecule has 0 saturated heterocycles. The summed E-state index contributed by atoms with van der Waals surface area (Å²) in [5.41, 5.74) is 1.35. The number of ether oxygens (including phenoxy) is 2. The summed E-state index contributed by atoms with van der Waals surface area (Å²) in [6.45, 7) is 5.37. The Morgan fingerprint density at radius 3 is 2.42 bits per heavy atom. The zero-order chi connectivity index (χ0) is 14.3. The maximum absolute atomic E-state index is 11.9. The van der Waals surface area contributed by atoms with Crippen LogP contribution < -0.4 is 0 Å². The van der Waals surface area contributed by atoms with Crippen LogP contribution in [0.5, 0.6) is 0 Å². The summed E-state index contributed by atoms with van der Waals surface area (Å²) in [6, 6.07) is 8.66. The van der Waals surface area contributed by atoms with Crippen molar-refractivity contribution < 1.29 is 19.4 Å².